The van der Waals surface area contributed by atoms with Crippen LogP contribution < -0.4 is 11.5 Å². The molecule has 0 spiro atoms. The smallest absolute Gasteiger partial charge is 0.180 e. The van der Waals surface area contributed by atoms with Crippen molar-refractivity contribution in [3.63, 3.8) is 0 Å². The van der Waals surface area contributed by atoms with E-state index in [-0.39, 0.29) is 0 Å². The van der Waals surface area contributed by atoms with Crippen molar-refractivity contribution in [1.82, 2.24) is 4.98 Å². The molecule has 0 unspecified atom stereocenters. The van der Waals surface area contributed by atoms with Gasteiger partial charge in [-0.3, -0.25) is 0 Å². The van der Waals surface area contributed by atoms with Crippen molar-refractivity contribution in [3.05, 3.63) is 34.8 Å². The van der Waals surface area contributed by atoms with E-state index in [1.165, 1.54) is 16.9 Å². The van der Waals surface area contributed by atoms with Crippen molar-refractivity contribution < 1.29 is 0 Å². The van der Waals surface area contributed by atoms with E-state index in [1.807, 2.05) is 17.5 Å². The molecule has 0 aliphatic rings. The topological polar surface area (TPSA) is 64.9 Å². The summed E-state index contributed by atoms with van der Waals surface area (Å²) >= 11 is 3.16. The molecule has 0 saturated heterocycles. The second kappa shape index (κ2) is 4.76. The predicted molar refractivity (Wildman–Crippen MR) is 71.7 cm³/mol. The number of thioether (sulfide) groups is 1. The lowest BCUT2D eigenvalue weighted by molar-refractivity contribution is 1.23. The van der Waals surface area contributed by atoms with Crippen LogP contribution in [-0.4, -0.2) is 4.98 Å². The van der Waals surface area contributed by atoms with Crippen LogP contribution in [-0.2, 0) is 5.75 Å². The van der Waals surface area contributed by atoms with Crippen LogP contribution in [0.25, 0.3) is 0 Å². The molecule has 3 nitrogen and oxygen atoms in total. The Hall–Kier alpha value is -1.20. The largest absolute Gasteiger partial charge is 0.398 e. The molecular formula is C11H13N3S2. The molecule has 84 valence electrons. The van der Waals surface area contributed by atoms with Gasteiger partial charge in [-0.15, -0.1) is 23.1 Å². The zero-order valence-corrected chi connectivity index (χ0v) is 10.6. The Morgan fingerprint density at radius 1 is 1.38 bits per heavy atom. The molecule has 0 saturated carbocycles. The van der Waals surface area contributed by atoms with Crippen molar-refractivity contribution in [2.75, 3.05) is 11.5 Å². The summed E-state index contributed by atoms with van der Waals surface area (Å²) in [6.45, 7) is 2.06. The average molecular weight is 251 g/mol. The first-order chi connectivity index (χ1) is 7.65. The highest BCUT2D eigenvalue weighted by Gasteiger charge is 2.03. The summed E-state index contributed by atoms with van der Waals surface area (Å²) < 4.78 is 0. The van der Waals surface area contributed by atoms with E-state index in [9.17, 15) is 0 Å². The van der Waals surface area contributed by atoms with Gasteiger partial charge in [0.05, 0.1) is 5.69 Å². The van der Waals surface area contributed by atoms with E-state index in [0.29, 0.717) is 5.13 Å². The summed E-state index contributed by atoms with van der Waals surface area (Å²) in [4.78, 5) is 5.32. The first-order valence-electron chi connectivity index (χ1n) is 4.84. The molecule has 0 radical (unpaired) electrons. The summed E-state index contributed by atoms with van der Waals surface area (Å²) in [5, 5.41) is 2.60. The number of aromatic nitrogens is 1. The van der Waals surface area contributed by atoms with Gasteiger partial charge in [-0.05, 0) is 24.6 Å². The van der Waals surface area contributed by atoms with Gasteiger partial charge in [-0.1, -0.05) is 6.07 Å². The molecule has 0 amide bonds. The quantitative estimate of drug-likeness (QED) is 0.650. The van der Waals surface area contributed by atoms with E-state index in [2.05, 4.69) is 18.0 Å². The summed E-state index contributed by atoms with van der Waals surface area (Å²) in [6, 6.07) is 6.04. The predicted octanol–water partition coefficient (Wildman–Crippen LogP) is 2.91. The molecule has 1 aromatic carbocycles. The number of rotatable bonds is 3. The zero-order valence-electron chi connectivity index (χ0n) is 8.93. The molecule has 0 aliphatic carbocycles. The number of hydrogen-bond donors (Lipinski definition) is 2. The highest BCUT2D eigenvalue weighted by Crippen LogP contribution is 2.29. The molecule has 0 aliphatic heterocycles. The lowest BCUT2D eigenvalue weighted by Crippen LogP contribution is -1.90. The number of nitrogens with zero attached hydrogens (tertiary/aromatic N) is 1. The fraction of sp³-hybridized carbons (Fsp3) is 0.182. The van der Waals surface area contributed by atoms with Crippen LogP contribution in [0.1, 0.15) is 11.3 Å². The van der Waals surface area contributed by atoms with Crippen LogP contribution in [0, 0.1) is 6.92 Å². The summed E-state index contributed by atoms with van der Waals surface area (Å²) in [7, 11) is 0. The molecule has 0 fully saturated rings. The third-order valence-electron chi connectivity index (χ3n) is 2.11. The van der Waals surface area contributed by atoms with Crippen molar-refractivity contribution >= 4 is 33.9 Å². The van der Waals surface area contributed by atoms with Gasteiger partial charge in [-0.25, -0.2) is 4.98 Å². The number of hydrogen-bond acceptors (Lipinski definition) is 5. The maximum Gasteiger partial charge on any atom is 0.180 e. The fourth-order valence-electron chi connectivity index (χ4n) is 1.31. The van der Waals surface area contributed by atoms with Gasteiger partial charge < -0.3 is 11.5 Å². The molecule has 2 aromatic rings. The van der Waals surface area contributed by atoms with E-state index < -0.39 is 0 Å². The lowest BCUT2D eigenvalue weighted by atomic mass is 10.2. The molecule has 1 heterocycles. The van der Waals surface area contributed by atoms with Crippen LogP contribution in [0.15, 0.2) is 28.5 Å². The van der Waals surface area contributed by atoms with Gasteiger partial charge in [0.15, 0.2) is 5.13 Å². The molecule has 1 aromatic heterocycles. The van der Waals surface area contributed by atoms with Crippen molar-refractivity contribution in [1.29, 1.82) is 0 Å². The highest BCUT2D eigenvalue weighted by atomic mass is 32.2. The Balaban J connectivity index is 2.07. The summed E-state index contributed by atoms with van der Waals surface area (Å²) in [6.07, 6.45) is 0. The van der Waals surface area contributed by atoms with Crippen LogP contribution in [0.5, 0.6) is 0 Å². The molecule has 0 bridgehead atoms. The second-order valence-electron chi connectivity index (χ2n) is 3.51. The standard InChI is InChI=1S/C11H13N3S2/c1-7-2-3-9(12)10(4-7)15-5-8-6-16-11(13)14-8/h2-4,6H,5,12H2,1H3,(H2,13,14). The van der Waals surface area contributed by atoms with Gasteiger partial charge in [-0.2, -0.15) is 0 Å². The van der Waals surface area contributed by atoms with Crippen molar-refractivity contribution in [2.24, 2.45) is 0 Å². The lowest BCUT2D eigenvalue weighted by Gasteiger charge is -2.05. The SMILES string of the molecule is Cc1ccc(N)c(SCc2csc(N)n2)c1. The first kappa shape index (κ1) is 11.3. The van der Waals surface area contributed by atoms with Crippen molar-refractivity contribution in [3.8, 4) is 0 Å². The molecule has 16 heavy (non-hydrogen) atoms. The zero-order chi connectivity index (χ0) is 11.5. The van der Waals surface area contributed by atoms with Crippen LogP contribution in [0.2, 0.25) is 0 Å². The maximum absolute atomic E-state index is 5.90. The first-order valence-corrected chi connectivity index (χ1v) is 6.70. The van der Waals surface area contributed by atoms with Crippen LogP contribution >= 0.6 is 23.1 Å². The molecule has 0 atom stereocenters. The number of nitrogen functional groups attached to an aromatic ring is 2. The van der Waals surface area contributed by atoms with Crippen molar-refractivity contribution in [2.45, 2.75) is 17.6 Å². The second-order valence-corrected chi connectivity index (χ2v) is 5.41. The minimum absolute atomic E-state index is 0.618. The number of nitrogens with two attached hydrogens (primary N) is 2. The van der Waals surface area contributed by atoms with Gasteiger partial charge >= 0.3 is 0 Å². The normalized spacial score (nSPS) is 10.6. The fourth-order valence-corrected chi connectivity index (χ4v) is 2.93. The molecule has 2 rings (SSSR count). The highest BCUT2D eigenvalue weighted by molar-refractivity contribution is 7.98. The number of anilines is 2. The molecular weight excluding hydrogens is 238 g/mol. The third kappa shape index (κ3) is 2.68. The van der Waals surface area contributed by atoms with Crippen LogP contribution in [0.4, 0.5) is 10.8 Å². The van der Waals surface area contributed by atoms with Gasteiger partial charge in [0.2, 0.25) is 0 Å². The Morgan fingerprint density at radius 3 is 2.88 bits per heavy atom. The molecule has 4 N–H and O–H groups in total. The summed E-state index contributed by atoms with van der Waals surface area (Å²) in [5.41, 5.74) is 14.5. The Morgan fingerprint density at radius 2 is 2.19 bits per heavy atom. The average Bonchev–Trinajstić information content (AvgIpc) is 2.66. The minimum Gasteiger partial charge on any atom is -0.398 e. The van der Waals surface area contributed by atoms with E-state index in [1.54, 1.807) is 11.8 Å². The van der Waals surface area contributed by atoms with E-state index >= 15 is 0 Å². The van der Waals surface area contributed by atoms with Gasteiger partial charge in [0.1, 0.15) is 0 Å². The van der Waals surface area contributed by atoms with Gasteiger partial charge in [0.25, 0.3) is 0 Å². The number of aryl methyl sites for hydroxylation is 1. The third-order valence-corrected chi connectivity index (χ3v) is 3.94. The van der Waals surface area contributed by atoms with Crippen LogP contribution in [0.3, 0.4) is 0 Å². The number of benzene rings is 1. The Kier molecular flexibility index (Phi) is 3.36. The minimum atomic E-state index is 0.618. The molecule has 5 heteroatoms. The maximum atomic E-state index is 5.90. The monoisotopic (exact) mass is 251 g/mol. The summed E-state index contributed by atoms with van der Waals surface area (Å²) in [5.74, 6) is 0.807. The van der Waals surface area contributed by atoms with Gasteiger partial charge in [0, 0.05) is 21.7 Å². The van der Waals surface area contributed by atoms with E-state index in [0.717, 1.165) is 22.0 Å². The van der Waals surface area contributed by atoms with E-state index in [4.69, 9.17) is 11.5 Å². The number of thiazole rings is 1. The Bertz CT molecular complexity index is 494. The Labute approximate surface area is 103 Å².